The molecule has 1 rings (SSSR count). The molecule has 4 nitrogen and oxygen atoms in total. The normalized spacial score (nSPS) is 21.3. The largest absolute Gasteiger partial charge is 0.367 e. The van der Waals surface area contributed by atoms with Crippen LogP contribution in [0.1, 0.15) is 0 Å². The van der Waals surface area contributed by atoms with Gasteiger partial charge in [0.2, 0.25) is 0 Å². The summed E-state index contributed by atoms with van der Waals surface area (Å²) in [4.78, 5) is 0. The first-order valence-electron chi connectivity index (χ1n) is 0.833. The summed E-state index contributed by atoms with van der Waals surface area (Å²) >= 11 is -1.61. The Bertz CT molecular complexity index is 54.6. The number of hydrogen-bond donors (Lipinski definition) is 0. The van der Waals surface area contributed by atoms with E-state index in [-0.39, 0.29) is 39.9 Å². The molecule has 0 spiro atoms. The summed E-state index contributed by atoms with van der Waals surface area (Å²) in [5, 5.41) is 3.53. The minimum absolute atomic E-state index is 0. The molecule has 6 heteroatoms. The maximum absolute atomic E-state index is 9.44. The Hall–Kier alpha value is 1.35. The van der Waals surface area contributed by atoms with Gasteiger partial charge in [-0.25, -0.2) is 0 Å². The molecule has 0 amide bonds. The molecule has 1 fully saturated rings. The van der Waals surface area contributed by atoms with Crippen LogP contribution >= 0.6 is 0 Å². The fourth-order valence-corrected chi connectivity index (χ4v) is 0.151. The van der Waals surface area contributed by atoms with Crippen LogP contribution in [0.5, 0.6) is 0 Å². The maximum Gasteiger partial charge on any atom is 0.367 e. The van der Waals surface area contributed by atoms with Crippen LogP contribution in [0.4, 0.5) is 0 Å². The van der Waals surface area contributed by atoms with E-state index in [0.29, 0.717) is 0 Å². The van der Waals surface area contributed by atoms with Crippen molar-refractivity contribution in [3.63, 3.8) is 0 Å². The van der Waals surface area contributed by atoms with Gasteiger partial charge >= 0.3 is 11.4 Å². The van der Waals surface area contributed by atoms with E-state index in [1.165, 1.54) is 0 Å². The van der Waals surface area contributed by atoms with Crippen molar-refractivity contribution in [2.75, 3.05) is 0 Å². The van der Waals surface area contributed by atoms with Crippen LogP contribution in [0.25, 0.3) is 0 Å². The van der Waals surface area contributed by atoms with Crippen molar-refractivity contribution in [2.45, 2.75) is 0 Å². The van der Waals surface area contributed by atoms with Crippen molar-refractivity contribution < 1.29 is 57.9 Å². The van der Waals surface area contributed by atoms with E-state index in [2.05, 4.69) is 13.7 Å². The topological polar surface area (TPSA) is 44.8 Å². The first-order chi connectivity index (χ1) is 2.39. The standard InChI is InChI=1S/Gd.O4S/c;1-5-3-2-4-5. The molecule has 0 aromatic carbocycles. The minimum Gasteiger partial charge on any atom is -0.192 e. The first kappa shape index (κ1) is 7.35. The molecule has 38 valence electrons. The smallest absolute Gasteiger partial charge is 0.192 e. The van der Waals surface area contributed by atoms with E-state index in [1.54, 1.807) is 0 Å². The second-order valence-corrected chi connectivity index (χ2v) is 1.09. The molecule has 1 saturated heterocycles. The van der Waals surface area contributed by atoms with Gasteiger partial charge < -0.3 is 0 Å². The summed E-state index contributed by atoms with van der Waals surface area (Å²) in [6.07, 6.45) is 0. The Morgan fingerprint density at radius 2 is 1.67 bits per heavy atom. The molecule has 0 atom stereocenters. The van der Waals surface area contributed by atoms with Crippen LogP contribution in [0, 0.1) is 39.9 Å². The van der Waals surface area contributed by atoms with Crippen molar-refractivity contribution in [3.8, 4) is 0 Å². The van der Waals surface area contributed by atoms with Gasteiger partial charge in [-0.2, -0.15) is 4.21 Å². The third-order valence-corrected chi connectivity index (χ3v) is 0.500. The molecule has 0 radical (unpaired) electrons. The Kier molecular flexibility index (Phi) is 4.13. The van der Waals surface area contributed by atoms with Gasteiger partial charge in [0.25, 0.3) is 0 Å². The monoisotopic (exact) mass is 254 g/mol. The van der Waals surface area contributed by atoms with Crippen LogP contribution in [0.3, 0.4) is 0 Å². The second kappa shape index (κ2) is 3.37. The van der Waals surface area contributed by atoms with Gasteiger partial charge in [-0.3, -0.25) is 0 Å². The Labute approximate surface area is 68.5 Å². The Morgan fingerprint density at radius 3 is 1.67 bits per heavy atom. The van der Waals surface area contributed by atoms with E-state index in [4.69, 9.17) is 0 Å². The molecule has 1 aliphatic heterocycles. The summed E-state index contributed by atoms with van der Waals surface area (Å²) < 4.78 is 16.8. The molecule has 1 aliphatic rings. The zero-order valence-corrected chi connectivity index (χ0v) is 5.48. The quantitative estimate of drug-likeness (QED) is 0.544. The van der Waals surface area contributed by atoms with E-state index < -0.39 is 11.4 Å². The first-order valence-corrected chi connectivity index (χ1v) is 1.83. The summed E-state index contributed by atoms with van der Waals surface area (Å²) in [5.74, 6) is 0. The van der Waals surface area contributed by atoms with Gasteiger partial charge in [0.15, 0.2) is 0 Å². The summed E-state index contributed by atoms with van der Waals surface area (Å²) in [7, 11) is 0. The van der Waals surface area contributed by atoms with Crippen molar-refractivity contribution in [1.29, 1.82) is 0 Å². The summed E-state index contributed by atoms with van der Waals surface area (Å²) in [6.45, 7) is 0. The van der Waals surface area contributed by atoms with E-state index in [1.807, 2.05) is 0 Å². The Balaban J connectivity index is 0.000000250. The molecular formula is GdO4S. The van der Waals surface area contributed by atoms with Gasteiger partial charge in [0, 0.05) is 39.9 Å². The predicted molar refractivity (Wildman–Crippen MR) is 11.4 cm³/mol. The van der Waals surface area contributed by atoms with Crippen LogP contribution in [-0.2, 0) is 25.1 Å². The summed E-state index contributed by atoms with van der Waals surface area (Å²) in [5.41, 5.74) is 0. The van der Waals surface area contributed by atoms with Crippen LogP contribution in [-0.4, -0.2) is 4.21 Å². The minimum atomic E-state index is -1.61. The fraction of sp³-hybridized carbons (Fsp3) is 0. The Morgan fingerprint density at radius 1 is 1.33 bits per heavy atom. The van der Waals surface area contributed by atoms with Gasteiger partial charge in [-0.05, 0) is 5.04 Å². The van der Waals surface area contributed by atoms with Crippen LogP contribution in [0.2, 0.25) is 0 Å². The van der Waals surface area contributed by atoms with E-state index in [9.17, 15) is 4.21 Å². The maximum atomic E-state index is 9.44. The summed E-state index contributed by atoms with van der Waals surface area (Å²) in [6, 6.07) is 0. The molecule has 0 aromatic rings. The van der Waals surface area contributed by atoms with Gasteiger partial charge in [0.05, 0.1) is 0 Å². The zero-order chi connectivity index (χ0) is 3.70. The number of hydrogen-bond acceptors (Lipinski definition) is 4. The zero-order valence-electron chi connectivity index (χ0n) is 2.39. The van der Waals surface area contributed by atoms with Crippen molar-refractivity contribution >= 4 is 11.4 Å². The third-order valence-electron chi connectivity index (χ3n) is 0.167. The average Bonchev–Trinajstić information content (AvgIpc) is 1.30. The SMILES string of the molecule is O=S1OOO1.[Gd]. The van der Waals surface area contributed by atoms with Gasteiger partial charge in [-0.15, -0.1) is 0 Å². The molecule has 0 unspecified atom stereocenters. The predicted octanol–water partition coefficient (Wildman–Crippen LogP) is -0.541. The van der Waals surface area contributed by atoms with Crippen molar-refractivity contribution in [2.24, 2.45) is 0 Å². The molecule has 1 heterocycles. The van der Waals surface area contributed by atoms with Crippen LogP contribution < -0.4 is 0 Å². The molecular weight excluding hydrogens is 253 g/mol. The molecule has 0 saturated carbocycles. The van der Waals surface area contributed by atoms with Gasteiger partial charge in [0.1, 0.15) is 0 Å². The van der Waals surface area contributed by atoms with E-state index in [0.717, 1.165) is 0 Å². The van der Waals surface area contributed by atoms with Crippen molar-refractivity contribution in [1.82, 2.24) is 0 Å². The fourth-order valence-electron chi connectivity index (χ4n) is 0.0505. The van der Waals surface area contributed by atoms with Crippen LogP contribution in [0.15, 0.2) is 0 Å². The molecule has 0 N–H and O–H groups in total. The molecule has 0 aromatic heterocycles. The van der Waals surface area contributed by atoms with E-state index >= 15 is 0 Å². The molecule has 6 heavy (non-hydrogen) atoms. The van der Waals surface area contributed by atoms with Crippen molar-refractivity contribution in [3.05, 3.63) is 0 Å². The van der Waals surface area contributed by atoms with Gasteiger partial charge in [-0.1, -0.05) is 8.67 Å². The number of rotatable bonds is 0. The average molecular weight is 253 g/mol. The molecule has 0 bridgehead atoms. The molecule has 0 aliphatic carbocycles. The third kappa shape index (κ3) is 1.88. The second-order valence-electron chi connectivity index (χ2n) is 0.408.